The van der Waals surface area contributed by atoms with Crippen molar-refractivity contribution in [2.24, 2.45) is 5.92 Å². The number of hydrogen-bond acceptors (Lipinski definition) is 2. The van der Waals surface area contributed by atoms with Gasteiger partial charge in [0.15, 0.2) is 0 Å². The lowest BCUT2D eigenvalue weighted by molar-refractivity contribution is -0.117. The van der Waals surface area contributed by atoms with E-state index in [1.165, 1.54) is 12.8 Å². The Labute approximate surface area is 73.9 Å². The van der Waals surface area contributed by atoms with Crippen LogP contribution in [0.15, 0.2) is 0 Å². The number of hydrogen-bond donors (Lipinski definition) is 0. The zero-order valence-electron chi connectivity index (χ0n) is 7.97. The molecule has 0 bridgehead atoms. The second-order valence-corrected chi connectivity index (χ2v) is 4.64. The number of Topliss-reactive ketones (excluding diaryl/α,β-unsaturated/α-hetero) is 1. The largest absolute Gasteiger partial charge is 0.298 e. The molecule has 0 aromatic heterocycles. The van der Waals surface area contributed by atoms with Crippen molar-refractivity contribution in [2.75, 3.05) is 13.1 Å². The number of carbonyl (C=O) groups is 1. The lowest BCUT2D eigenvalue weighted by atomic mass is 9.97. The van der Waals surface area contributed by atoms with Gasteiger partial charge in [0, 0.05) is 18.5 Å². The maximum Gasteiger partial charge on any atom is 0.148 e. The third-order valence-electron chi connectivity index (χ3n) is 3.42. The summed E-state index contributed by atoms with van der Waals surface area (Å²) in [7, 11) is 0. The Bertz CT molecular complexity index is 206. The maximum absolute atomic E-state index is 11.1. The molecule has 0 aromatic rings. The molecule has 0 aromatic carbocycles. The van der Waals surface area contributed by atoms with Crippen LogP contribution in [0, 0.1) is 5.92 Å². The summed E-state index contributed by atoms with van der Waals surface area (Å²) in [5.74, 6) is 1.27. The van der Waals surface area contributed by atoms with E-state index in [4.69, 9.17) is 0 Å². The normalized spacial score (nSPS) is 26.7. The Hall–Kier alpha value is -0.370. The summed E-state index contributed by atoms with van der Waals surface area (Å²) in [5.41, 5.74) is 0.284. The van der Waals surface area contributed by atoms with Gasteiger partial charge in [0.1, 0.15) is 5.78 Å². The van der Waals surface area contributed by atoms with Crippen LogP contribution < -0.4 is 0 Å². The molecule has 2 aliphatic rings. The monoisotopic (exact) mass is 167 g/mol. The van der Waals surface area contributed by atoms with Crippen molar-refractivity contribution in [2.45, 2.75) is 38.6 Å². The van der Waals surface area contributed by atoms with Gasteiger partial charge in [-0.2, -0.15) is 0 Å². The fourth-order valence-corrected chi connectivity index (χ4v) is 2.17. The second kappa shape index (κ2) is 2.56. The fourth-order valence-electron chi connectivity index (χ4n) is 2.17. The van der Waals surface area contributed by atoms with Crippen molar-refractivity contribution in [3.63, 3.8) is 0 Å². The van der Waals surface area contributed by atoms with Crippen LogP contribution in [0.25, 0.3) is 0 Å². The van der Waals surface area contributed by atoms with Crippen molar-refractivity contribution in [3.05, 3.63) is 0 Å². The lowest BCUT2D eigenvalue weighted by Gasteiger charge is -2.35. The van der Waals surface area contributed by atoms with Crippen LogP contribution >= 0.6 is 0 Å². The van der Waals surface area contributed by atoms with E-state index in [2.05, 4.69) is 18.7 Å². The first-order valence-corrected chi connectivity index (χ1v) is 4.87. The van der Waals surface area contributed by atoms with E-state index in [9.17, 15) is 4.79 Å². The predicted molar refractivity (Wildman–Crippen MR) is 48.0 cm³/mol. The molecular weight excluding hydrogens is 150 g/mol. The van der Waals surface area contributed by atoms with Crippen LogP contribution in [0.4, 0.5) is 0 Å². The third kappa shape index (κ3) is 1.28. The molecule has 0 N–H and O–H groups in total. The fraction of sp³-hybridized carbons (Fsp3) is 0.900. The highest BCUT2D eigenvalue weighted by molar-refractivity contribution is 5.82. The molecule has 12 heavy (non-hydrogen) atoms. The number of likely N-dealkylation sites (tertiary alicyclic amines) is 1. The standard InChI is InChI=1S/C10H17NO/c1-10(2,8-3-4-8)11-6-5-9(12)7-11/h8H,3-7H2,1-2H3. The number of rotatable bonds is 2. The van der Waals surface area contributed by atoms with E-state index >= 15 is 0 Å². The van der Waals surface area contributed by atoms with Crippen molar-refractivity contribution >= 4 is 5.78 Å². The zero-order chi connectivity index (χ0) is 8.77. The summed E-state index contributed by atoms with van der Waals surface area (Å²) in [4.78, 5) is 13.5. The van der Waals surface area contributed by atoms with E-state index in [0.29, 0.717) is 12.3 Å². The van der Waals surface area contributed by atoms with Crippen LogP contribution in [-0.2, 0) is 4.79 Å². The highest BCUT2D eigenvalue weighted by Crippen LogP contribution is 2.43. The van der Waals surface area contributed by atoms with Gasteiger partial charge in [-0.3, -0.25) is 9.69 Å². The first kappa shape index (κ1) is 8.24. The van der Waals surface area contributed by atoms with Crippen LogP contribution in [0.2, 0.25) is 0 Å². The van der Waals surface area contributed by atoms with E-state index in [0.717, 1.165) is 18.9 Å². The summed E-state index contributed by atoms with van der Waals surface area (Å²) in [6.07, 6.45) is 3.49. The Balaban J connectivity index is 2.02. The molecule has 2 nitrogen and oxygen atoms in total. The Morgan fingerprint density at radius 2 is 2.08 bits per heavy atom. The maximum atomic E-state index is 11.1. The first-order valence-electron chi connectivity index (χ1n) is 4.87. The molecule has 0 amide bonds. The number of ketones is 1. The molecule has 1 saturated carbocycles. The molecule has 1 aliphatic carbocycles. The third-order valence-corrected chi connectivity index (χ3v) is 3.42. The van der Waals surface area contributed by atoms with Gasteiger partial charge in [0.2, 0.25) is 0 Å². The molecule has 1 saturated heterocycles. The summed E-state index contributed by atoms with van der Waals surface area (Å²) < 4.78 is 0. The summed E-state index contributed by atoms with van der Waals surface area (Å²) in [5, 5.41) is 0. The molecular formula is C10H17NO. The zero-order valence-corrected chi connectivity index (χ0v) is 7.97. The van der Waals surface area contributed by atoms with Crippen molar-refractivity contribution in [3.8, 4) is 0 Å². The van der Waals surface area contributed by atoms with Gasteiger partial charge < -0.3 is 0 Å². The van der Waals surface area contributed by atoms with Crippen LogP contribution in [-0.4, -0.2) is 29.3 Å². The molecule has 0 unspecified atom stereocenters. The second-order valence-electron chi connectivity index (χ2n) is 4.64. The smallest absolute Gasteiger partial charge is 0.148 e. The molecule has 0 radical (unpaired) electrons. The molecule has 0 spiro atoms. The topological polar surface area (TPSA) is 20.3 Å². The van der Waals surface area contributed by atoms with Crippen molar-refractivity contribution < 1.29 is 4.79 Å². The molecule has 0 atom stereocenters. The number of carbonyl (C=O) groups excluding carboxylic acids is 1. The minimum absolute atomic E-state index is 0.284. The highest BCUT2D eigenvalue weighted by atomic mass is 16.1. The Morgan fingerprint density at radius 1 is 1.42 bits per heavy atom. The molecule has 2 heteroatoms. The molecule has 1 heterocycles. The highest BCUT2D eigenvalue weighted by Gasteiger charge is 2.43. The van der Waals surface area contributed by atoms with E-state index < -0.39 is 0 Å². The minimum atomic E-state index is 0.284. The van der Waals surface area contributed by atoms with Crippen molar-refractivity contribution in [1.29, 1.82) is 0 Å². The quantitative estimate of drug-likeness (QED) is 0.620. The number of nitrogens with zero attached hydrogens (tertiary/aromatic N) is 1. The molecule has 2 fully saturated rings. The minimum Gasteiger partial charge on any atom is -0.298 e. The van der Waals surface area contributed by atoms with Crippen molar-refractivity contribution in [1.82, 2.24) is 4.90 Å². The molecule has 2 rings (SSSR count). The molecule has 68 valence electrons. The lowest BCUT2D eigenvalue weighted by Crippen LogP contribution is -2.44. The first-order chi connectivity index (χ1) is 5.60. The van der Waals surface area contributed by atoms with Crippen LogP contribution in [0.5, 0.6) is 0 Å². The summed E-state index contributed by atoms with van der Waals surface area (Å²) in [6, 6.07) is 0. The van der Waals surface area contributed by atoms with Crippen LogP contribution in [0.1, 0.15) is 33.1 Å². The van der Waals surface area contributed by atoms with E-state index in [-0.39, 0.29) is 5.54 Å². The molecule has 1 aliphatic heterocycles. The van der Waals surface area contributed by atoms with Gasteiger partial charge >= 0.3 is 0 Å². The Kier molecular flexibility index (Phi) is 1.76. The summed E-state index contributed by atoms with van der Waals surface area (Å²) in [6.45, 7) is 6.25. The van der Waals surface area contributed by atoms with Crippen LogP contribution in [0.3, 0.4) is 0 Å². The van der Waals surface area contributed by atoms with Gasteiger partial charge in [-0.15, -0.1) is 0 Å². The predicted octanol–water partition coefficient (Wildman–Crippen LogP) is 1.45. The van der Waals surface area contributed by atoms with E-state index in [1.54, 1.807) is 0 Å². The average molecular weight is 167 g/mol. The Morgan fingerprint density at radius 3 is 2.50 bits per heavy atom. The van der Waals surface area contributed by atoms with Gasteiger partial charge in [-0.1, -0.05) is 0 Å². The van der Waals surface area contributed by atoms with Gasteiger partial charge in [0.05, 0.1) is 6.54 Å². The van der Waals surface area contributed by atoms with E-state index in [1.807, 2.05) is 0 Å². The average Bonchev–Trinajstić information content (AvgIpc) is 2.75. The summed E-state index contributed by atoms with van der Waals surface area (Å²) >= 11 is 0. The SMILES string of the molecule is CC(C)(C1CC1)N1CCC(=O)C1. The van der Waals surface area contributed by atoms with Gasteiger partial charge in [-0.05, 0) is 32.6 Å². The van der Waals surface area contributed by atoms with Gasteiger partial charge in [0.25, 0.3) is 0 Å². The van der Waals surface area contributed by atoms with Gasteiger partial charge in [-0.25, -0.2) is 0 Å².